The summed E-state index contributed by atoms with van der Waals surface area (Å²) in [5.74, 6) is -0.170. The molecule has 0 aliphatic carbocycles. The van der Waals surface area contributed by atoms with E-state index in [4.69, 9.17) is 9.05 Å². The lowest BCUT2D eigenvalue weighted by Gasteiger charge is -2.25. The van der Waals surface area contributed by atoms with Crippen LogP contribution in [0, 0.1) is 0 Å². The van der Waals surface area contributed by atoms with Crippen molar-refractivity contribution in [3.05, 3.63) is 36.5 Å². The van der Waals surface area contributed by atoms with Crippen LogP contribution in [0.15, 0.2) is 36.5 Å². The van der Waals surface area contributed by atoms with Crippen molar-refractivity contribution in [2.24, 2.45) is 0 Å². The predicted molar refractivity (Wildman–Crippen MR) is 351 cm³/mol. The van der Waals surface area contributed by atoms with E-state index in [-0.39, 0.29) is 19.1 Å². The number of aliphatic hydroxyl groups excluding tert-OH is 1. The van der Waals surface area contributed by atoms with Crippen LogP contribution in [0.3, 0.4) is 0 Å². The number of nitrogens with zero attached hydrogens (tertiary/aromatic N) is 1. The normalized spacial score (nSPS) is 13.8. The average molecular weight is 1150 g/mol. The summed E-state index contributed by atoms with van der Waals surface area (Å²) in [6.45, 7) is 4.86. The number of phosphoric ester groups is 1. The molecule has 0 bridgehead atoms. The van der Waals surface area contributed by atoms with Gasteiger partial charge in [0, 0.05) is 6.42 Å². The van der Waals surface area contributed by atoms with Gasteiger partial charge >= 0.3 is 7.82 Å². The number of aliphatic hydroxyl groups is 1. The third-order valence-corrected chi connectivity index (χ3v) is 17.3. The first-order valence-corrected chi connectivity index (χ1v) is 36.9. The number of unbranched alkanes of at least 4 members (excludes halogenated alkanes) is 49. The second-order valence-corrected chi connectivity index (χ2v) is 27.1. The summed E-state index contributed by atoms with van der Waals surface area (Å²) >= 11 is 0. The molecular formula is C71H140N2O6P+. The molecule has 0 aliphatic heterocycles. The molecule has 1 amide bonds. The second kappa shape index (κ2) is 62.3. The zero-order valence-electron chi connectivity index (χ0n) is 54.3. The molecule has 0 aromatic carbocycles. The van der Waals surface area contributed by atoms with E-state index in [1.807, 2.05) is 27.2 Å². The van der Waals surface area contributed by atoms with Crippen molar-refractivity contribution in [3.8, 4) is 0 Å². The molecule has 0 fully saturated rings. The summed E-state index contributed by atoms with van der Waals surface area (Å²) < 4.78 is 23.8. The molecule has 3 atom stereocenters. The standard InChI is InChI=1S/C71H139N2O6P/c1-6-8-10-12-14-16-18-20-22-24-26-28-30-32-34-36-38-40-42-44-46-48-50-52-54-56-58-60-62-64-70(74)69(68-79-80(76,77)78-67-66-73(3,4)5)72-71(75)65-63-61-59-57-55-53-51-49-47-45-43-41-39-37-35-33-31-29-27-25-23-21-19-17-15-13-11-9-7-2/h19,21,25,27,62,64,69-70,74H,6-18,20,22-24,26,28-61,63,65-68H2,1-5H3,(H-,72,75,76,77)/p+1/b21-19-,27-25-,64-62+. The summed E-state index contributed by atoms with van der Waals surface area (Å²) in [6.07, 6.45) is 82.9. The number of amides is 1. The third-order valence-electron chi connectivity index (χ3n) is 16.4. The Bertz CT molecular complexity index is 1400. The molecular weight excluding hydrogens is 1010 g/mol. The SMILES string of the molecule is CCCCCCC/C=C\C/C=C\CCCCCCCCCCCCCCCCCCCC(=O)NC(COP(=O)(O)OCC[N+](C)(C)C)C(O)/C=C/CCCCCCCCCCCCCCCCCCCCCCCCCCCCC. The average Bonchev–Trinajstić information content (AvgIpc) is 3.42. The van der Waals surface area contributed by atoms with Crippen molar-refractivity contribution in [1.29, 1.82) is 0 Å². The van der Waals surface area contributed by atoms with Crippen LogP contribution >= 0.6 is 7.82 Å². The Kier molecular flexibility index (Phi) is 61.3. The van der Waals surface area contributed by atoms with Crippen molar-refractivity contribution < 1.29 is 32.9 Å². The van der Waals surface area contributed by atoms with Crippen molar-refractivity contribution in [2.45, 2.75) is 373 Å². The molecule has 9 heteroatoms. The number of allylic oxidation sites excluding steroid dienone is 5. The molecule has 0 saturated carbocycles. The van der Waals surface area contributed by atoms with E-state index in [9.17, 15) is 19.4 Å². The highest BCUT2D eigenvalue weighted by Crippen LogP contribution is 2.43. The van der Waals surface area contributed by atoms with Gasteiger partial charge in [0.05, 0.1) is 39.9 Å². The summed E-state index contributed by atoms with van der Waals surface area (Å²) in [5.41, 5.74) is 0. The molecule has 80 heavy (non-hydrogen) atoms. The minimum absolute atomic E-state index is 0.0633. The van der Waals surface area contributed by atoms with Crippen LogP contribution in [0.2, 0.25) is 0 Å². The highest BCUT2D eigenvalue weighted by Gasteiger charge is 2.28. The predicted octanol–water partition coefficient (Wildman–Crippen LogP) is 22.4. The zero-order chi connectivity index (χ0) is 58.4. The Hall–Kier alpha value is -1.28. The van der Waals surface area contributed by atoms with E-state index in [0.717, 1.165) is 38.5 Å². The Morgan fingerprint density at radius 2 is 0.713 bits per heavy atom. The van der Waals surface area contributed by atoms with Crippen LogP contribution in [-0.4, -0.2) is 73.4 Å². The van der Waals surface area contributed by atoms with E-state index in [1.54, 1.807) is 6.08 Å². The zero-order valence-corrected chi connectivity index (χ0v) is 55.2. The monoisotopic (exact) mass is 1150 g/mol. The van der Waals surface area contributed by atoms with E-state index >= 15 is 0 Å². The number of quaternary nitrogens is 1. The smallest absolute Gasteiger partial charge is 0.387 e. The summed E-state index contributed by atoms with van der Waals surface area (Å²) in [6, 6.07) is -0.847. The minimum atomic E-state index is -4.35. The van der Waals surface area contributed by atoms with Crippen molar-refractivity contribution in [2.75, 3.05) is 40.9 Å². The molecule has 3 unspecified atom stereocenters. The molecule has 0 rings (SSSR count). The van der Waals surface area contributed by atoms with E-state index in [0.29, 0.717) is 17.4 Å². The van der Waals surface area contributed by atoms with Crippen LogP contribution in [0.5, 0.6) is 0 Å². The Labute approximate surface area is 499 Å². The van der Waals surface area contributed by atoms with Crippen LogP contribution in [0.25, 0.3) is 0 Å². The van der Waals surface area contributed by atoms with Gasteiger partial charge in [0.25, 0.3) is 0 Å². The number of carbonyl (C=O) groups is 1. The maximum atomic E-state index is 13.1. The number of hydrogen-bond donors (Lipinski definition) is 3. The first kappa shape index (κ1) is 78.7. The van der Waals surface area contributed by atoms with Gasteiger partial charge in [-0.15, -0.1) is 0 Å². The van der Waals surface area contributed by atoms with Gasteiger partial charge in [-0.25, -0.2) is 4.57 Å². The molecule has 0 heterocycles. The van der Waals surface area contributed by atoms with Gasteiger partial charge in [0.15, 0.2) is 0 Å². The lowest BCUT2D eigenvalue weighted by molar-refractivity contribution is -0.870. The van der Waals surface area contributed by atoms with Crippen molar-refractivity contribution in [1.82, 2.24) is 5.32 Å². The molecule has 0 aliphatic rings. The van der Waals surface area contributed by atoms with Gasteiger partial charge in [-0.1, -0.05) is 339 Å². The lowest BCUT2D eigenvalue weighted by atomic mass is 10.0. The number of phosphoric acid groups is 1. The van der Waals surface area contributed by atoms with E-state index in [2.05, 4.69) is 43.5 Å². The molecule has 0 aromatic rings. The topological polar surface area (TPSA) is 105 Å². The largest absolute Gasteiger partial charge is 0.472 e. The third kappa shape index (κ3) is 64.3. The van der Waals surface area contributed by atoms with Crippen molar-refractivity contribution >= 4 is 13.7 Å². The van der Waals surface area contributed by atoms with E-state index < -0.39 is 20.0 Å². The molecule has 0 radical (unpaired) electrons. The van der Waals surface area contributed by atoms with Gasteiger partial charge < -0.3 is 19.8 Å². The molecule has 0 saturated heterocycles. The van der Waals surface area contributed by atoms with Crippen molar-refractivity contribution in [3.63, 3.8) is 0 Å². The number of nitrogens with one attached hydrogen (secondary N) is 1. The number of carbonyl (C=O) groups excluding carboxylic acids is 1. The highest BCUT2D eigenvalue weighted by atomic mass is 31.2. The fourth-order valence-electron chi connectivity index (χ4n) is 10.8. The van der Waals surface area contributed by atoms with Crippen LogP contribution in [-0.2, 0) is 18.4 Å². The second-order valence-electron chi connectivity index (χ2n) is 25.6. The first-order valence-electron chi connectivity index (χ1n) is 35.4. The van der Waals surface area contributed by atoms with Gasteiger partial charge in [-0.3, -0.25) is 13.8 Å². The van der Waals surface area contributed by atoms with Crippen LogP contribution in [0.4, 0.5) is 0 Å². The Morgan fingerprint density at radius 3 is 1.02 bits per heavy atom. The summed E-state index contributed by atoms with van der Waals surface area (Å²) in [4.78, 5) is 23.4. The maximum Gasteiger partial charge on any atom is 0.472 e. The first-order chi connectivity index (χ1) is 39.0. The van der Waals surface area contributed by atoms with E-state index in [1.165, 1.54) is 302 Å². The molecule has 0 aromatic heterocycles. The van der Waals surface area contributed by atoms with Gasteiger partial charge in [-0.05, 0) is 51.4 Å². The maximum absolute atomic E-state index is 13.1. The number of rotatable bonds is 66. The Balaban J connectivity index is 4.05. The molecule has 3 N–H and O–H groups in total. The van der Waals surface area contributed by atoms with Gasteiger partial charge in [0.1, 0.15) is 13.2 Å². The quantitative estimate of drug-likeness (QED) is 0.0243. The van der Waals surface area contributed by atoms with Crippen LogP contribution in [0.1, 0.15) is 361 Å². The van der Waals surface area contributed by atoms with Gasteiger partial charge in [0.2, 0.25) is 5.91 Å². The summed E-state index contributed by atoms with van der Waals surface area (Å²) in [7, 11) is 1.59. The minimum Gasteiger partial charge on any atom is -0.387 e. The summed E-state index contributed by atoms with van der Waals surface area (Å²) in [5, 5.41) is 14.0. The Morgan fingerprint density at radius 1 is 0.425 bits per heavy atom. The number of likely N-dealkylation sites (N-methyl/N-ethyl adjacent to an activating group) is 1. The number of hydrogen-bond acceptors (Lipinski definition) is 5. The van der Waals surface area contributed by atoms with Gasteiger partial charge in [-0.2, -0.15) is 0 Å². The highest BCUT2D eigenvalue weighted by molar-refractivity contribution is 7.47. The fourth-order valence-corrected chi connectivity index (χ4v) is 11.6. The lowest BCUT2D eigenvalue weighted by Crippen LogP contribution is -2.45. The molecule has 8 nitrogen and oxygen atoms in total. The molecule has 474 valence electrons. The fraction of sp³-hybridized carbons (Fsp3) is 0.901. The molecule has 0 spiro atoms. The van der Waals surface area contributed by atoms with Crippen LogP contribution < -0.4 is 5.32 Å².